The molecule has 0 unspecified atom stereocenters. The molecule has 2 amide bonds. The van der Waals surface area contributed by atoms with Gasteiger partial charge in [-0.25, -0.2) is 9.97 Å². The standard InChI is InChI=1S/C31H36ClN7O2/c1-6-10-25-21(7-2)34-28(38(25)4)31(41)37-23-14-9-12-20(27(23)32)19-11-8-13-22(18(19)3)36-30(40)29-35-24-17-33-16-15-26(24)39(29)5/h8-9,11-14,33H,6-7,10,15-17H2,1-5H3,(H,36,40)(H,37,41). The van der Waals surface area contributed by atoms with Crippen molar-refractivity contribution in [2.45, 2.75) is 53.0 Å². The number of amides is 2. The Morgan fingerprint density at radius 1 is 0.951 bits per heavy atom. The van der Waals surface area contributed by atoms with E-state index in [9.17, 15) is 9.59 Å². The van der Waals surface area contributed by atoms with E-state index in [2.05, 4.69) is 32.8 Å². The minimum atomic E-state index is -0.311. The van der Waals surface area contributed by atoms with E-state index in [1.165, 1.54) is 0 Å². The molecular formula is C31H36ClN7O2. The molecule has 1 aliphatic heterocycles. The molecule has 2 aromatic heterocycles. The van der Waals surface area contributed by atoms with Crippen LogP contribution in [-0.4, -0.2) is 37.5 Å². The van der Waals surface area contributed by atoms with Gasteiger partial charge in [-0.05, 0) is 43.0 Å². The van der Waals surface area contributed by atoms with E-state index in [0.717, 1.165) is 71.7 Å². The van der Waals surface area contributed by atoms with Crippen molar-refractivity contribution in [3.8, 4) is 11.1 Å². The minimum absolute atomic E-state index is 0.266. The first kappa shape index (κ1) is 28.6. The summed E-state index contributed by atoms with van der Waals surface area (Å²) in [5.41, 5.74) is 7.64. The zero-order valence-electron chi connectivity index (χ0n) is 24.2. The Morgan fingerprint density at radius 2 is 1.61 bits per heavy atom. The number of halogens is 1. The van der Waals surface area contributed by atoms with E-state index in [4.69, 9.17) is 11.6 Å². The van der Waals surface area contributed by atoms with E-state index in [0.29, 0.717) is 34.6 Å². The third-order valence-electron chi connectivity index (χ3n) is 7.77. The number of benzene rings is 2. The maximum atomic E-state index is 13.3. The Bertz CT molecular complexity index is 1640. The number of anilines is 2. The third-order valence-corrected chi connectivity index (χ3v) is 8.18. The Hall–Kier alpha value is -3.95. The van der Waals surface area contributed by atoms with Gasteiger partial charge in [-0.15, -0.1) is 0 Å². The number of hydrogen-bond acceptors (Lipinski definition) is 5. The lowest BCUT2D eigenvalue weighted by Crippen LogP contribution is -2.24. The van der Waals surface area contributed by atoms with Gasteiger partial charge < -0.3 is 25.1 Å². The molecule has 3 N–H and O–H groups in total. The van der Waals surface area contributed by atoms with Crippen LogP contribution in [0.3, 0.4) is 0 Å². The molecule has 10 heteroatoms. The molecule has 0 saturated heterocycles. The number of carbonyl (C=O) groups excluding carboxylic acids is 2. The van der Waals surface area contributed by atoms with Gasteiger partial charge in [0.05, 0.1) is 22.1 Å². The van der Waals surface area contributed by atoms with Crippen LogP contribution < -0.4 is 16.0 Å². The van der Waals surface area contributed by atoms with E-state index in [-0.39, 0.29) is 11.8 Å². The molecule has 0 spiro atoms. The third kappa shape index (κ3) is 5.39. The van der Waals surface area contributed by atoms with Crippen LogP contribution in [-0.2, 0) is 39.9 Å². The fourth-order valence-corrected chi connectivity index (χ4v) is 5.81. The molecule has 5 rings (SSSR count). The highest BCUT2D eigenvalue weighted by atomic mass is 35.5. The van der Waals surface area contributed by atoms with Crippen LogP contribution in [0, 0.1) is 6.92 Å². The molecule has 0 atom stereocenters. The topological polar surface area (TPSA) is 106 Å². The lowest BCUT2D eigenvalue weighted by atomic mass is 9.98. The van der Waals surface area contributed by atoms with Crippen molar-refractivity contribution in [2.24, 2.45) is 14.1 Å². The molecule has 9 nitrogen and oxygen atoms in total. The summed E-state index contributed by atoms with van der Waals surface area (Å²) in [6, 6.07) is 11.2. The van der Waals surface area contributed by atoms with Crippen molar-refractivity contribution < 1.29 is 9.59 Å². The smallest absolute Gasteiger partial charge is 0.291 e. The van der Waals surface area contributed by atoms with Crippen LogP contribution in [0.4, 0.5) is 11.4 Å². The molecule has 214 valence electrons. The average molecular weight is 574 g/mol. The molecule has 0 saturated carbocycles. The normalized spacial score (nSPS) is 12.7. The second-order valence-electron chi connectivity index (χ2n) is 10.4. The maximum Gasteiger partial charge on any atom is 0.291 e. The number of carbonyl (C=O) groups is 2. The number of rotatable bonds is 8. The highest BCUT2D eigenvalue weighted by Crippen LogP contribution is 2.37. The Kier molecular flexibility index (Phi) is 8.28. The van der Waals surface area contributed by atoms with Gasteiger partial charge in [0.15, 0.2) is 11.6 Å². The van der Waals surface area contributed by atoms with Crippen molar-refractivity contribution in [2.75, 3.05) is 17.2 Å². The van der Waals surface area contributed by atoms with Crippen LogP contribution in [0.5, 0.6) is 0 Å². The number of hydrogen-bond donors (Lipinski definition) is 3. The van der Waals surface area contributed by atoms with Crippen molar-refractivity contribution in [3.05, 3.63) is 81.4 Å². The molecule has 1 aliphatic rings. The SMILES string of the molecule is CCCc1c(CC)nc(C(=O)Nc2cccc(-c3cccc(NC(=O)c4nc5c(n4C)CCNC5)c3C)c2Cl)n1C. The van der Waals surface area contributed by atoms with Gasteiger partial charge in [-0.2, -0.15) is 0 Å². The largest absolute Gasteiger partial charge is 0.327 e. The summed E-state index contributed by atoms with van der Waals surface area (Å²) in [4.78, 5) is 35.7. The summed E-state index contributed by atoms with van der Waals surface area (Å²) in [5.74, 6) is 0.167. The number of imidazole rings is 2. The van der Waals surface area contributed by atoms with Gasteiger partial charge in [-0.3, -0.25) is 9.59 Å². The monoisotopic (exact) mass is 573 g/mol. The Morgan fingerprint density at radius 3 is 2.29 bits per heavy atom. The highest BCUT2D eigenvalue weighted by Gasteiger charge is 2.23. The van der Waals surface area contributed by atoms with Crippen molar-refractivity contribution in [1.82, 2.24) is 24.4 Å². The quantitative estimate of drug-likeness (QED) is 0.260. The molecule has 41 heavy (non-hydrogen) atoms. The van der Waals surface area contributed by atoms with Crippen LogP contribution in [0.25, 0.3) is 11.1 Å². The maximum absolute atomic E-state index is 13.3. The zero-order valence-corrected chi connectivity index (χ0v) is 24.9. The molecule has 4 aromatic rings. The van der Waals surface area contributed by atoms with E-state index in [1.807, 2.05) is 67.4 Å². The van der Waals surface area contributed by atoms with Gasteiger partial charge in [0.25, 0.3) is 11.8 Å². The lowest BCUT2D eigenvalue weighted by Gasteiger charge is -2.16. The van der Waals surface area contributed by atoms with Gasteiger partial charge in [0.1, 0.15) is 0 Å². The summed E-state index contributed by atoms with van der Waals surface area (Å²) >= 11 is 6.88. The second kappa shape index (κ2) is 11.9. The molecular weight excluding hydrogens is 538 g/mol. The van der Waals surface area contributed by atoms with Gasteiger partial charge >= 0.3 is 0 Å². The first-order valence-electron chi connectivity index (χ1n) is 14.1. The van der Waals surface area contributed by atoms with E-state index >= 15 is 0 Å². The fraction of sp³-hybridized carbons (Fsp3) is 0.355. The lowest BCUT2D eigenvalue weighted by molar-refractivity contribution is 0.100. The van der Waals surface area contributed by atoms with Crippen molar-refractivity contribution in [1.29, 1.82) is 0 Å². The highest BCUT2D eigenvalue weighted by molar-refractivity contribution is 6.36. The molecule has 0 fully saturated rings. The van der Waals surface area contributed by atoms with Crippen LogP contribution in [0.15, 0.2) is 36.4 Å². The predicted octanol–water partition coefficient (Wildman–Crippen LogP) is 5.45. The van der Waals surface area contributed by atoms with Crippen LogP contribution >= 0.6 is 11.6 Å². The van der Waals surface area contributed by atoms with Gasteiger partial charge in [0.2, 0.25) is 0 Å². The minimum Gasteiger partial charge on any atom is -0.327 e. The number of aryl methyl sites for hydroxylation is 1. The summed E-state index contributed by atoms with van der Waals surface area (Å²) in [6.45, 7) is 7.63. The molecule has 2 aromatic carbocycles. The predicted molar refractivity (Wildman–Crippen MR) is 163 cm³/mol. The van der Waals surface area contributed by atoms with Gasteiger partial charge in [0, 0.05) is 56.2 Å². The van der Waals surface area contributed by atoms with Gasteiger partial charge in [-0.1, -0.05) is 56.1 Å². The number of nitrogens with zero attached hydrogens (tertiary/aromatic N) is 4. The average Bonchev–Trinajstić information content (AvgIpc) is 3.48. The number of aromatic nitrogens is 4. The summed E-state index contributed by atoms with van der Waals surface area (Å²) in [5, 5.41) is 9.71. The summed E-state index contributed by atoms with van der Waals surface area (Å²) in [6.07, 6.45) is 3.44. The molecule has 0 bridgehead atoms. The van der Waals surface area contributed by atoms with Crippen molar-refractivity contribution >= 4 is 34.8 Å². The summed E-state index contributed by atoms with van der Waals surface area (Å²) in [7, 11) is 3.76. The number of nitrogens with one attached hydrogen (secondary N) is 3. The first-order valence-corrected chi connectivity index (χ1v) is 14.4. The number of fused-ring (bicyclic) bond motifs is 1. The van der Waals surface area contributed by atoms with Crippen LogP contribution in [0.1, 0.15) is 69.8 Å². The summed E-state index contributed by atoms with van der Waals surface area (Å²) < 4.78 is 3.75. The molecule has 0 radical (unpaired) electrons. The Balaban J connectivity index is 1.41. The fourth-order valence-electron chi connectivity index (χ4n) is 5.54. The second-order valence-corrected chi connectivity index (χ2v) is 10.7. The molecule has 3 heterocycles. The van der Waals surface area contributed by atoms with E-state index in [1.54, 1.807) is 6.07 Å². The first-order chi connectivity index (χ1) is 19.7. The molecule has 0 aliphatic carbocycles. The zero-order chi connectivity index (χ0) is 29.3. The Labute approximate surface area is 245 Å². The van der Waals surface area contributed by atoms with Crippen LogP contribution in [0.2, 0.25) is 5.02 Å². The van der Waals surface area contributed by atoms with E-state index < -0.39 is 0 Å². The van der Waals surface area contributed by atoms with Crippen molar-refractivity contribution in [3.63, 3.8) is 0 Å².